The van der Waals surface area contributed by atoms with E-state index < -0.39 is 0 Å². The number of likely N-dealkylation sites (tertiary alicyclic amines) is 2. The second kappa shape index (κ2) is 8.81. The van der Waals surface area contributed by atoms with Gasteiger partial charge in [-0.3, -0.25) is 0 Å². The van der Waals surface area contributed by atoms with E-state index in [2.05, 4.69) is 34.1 Å². The highest BCUT2D eigenvalue weighted by Gasteiger charge is 2.25. The number of hydrogen-bond donors (Lipinski definition) is 1. The summed E-state index contributed by atoms with van der Waals surface area (Å²) in [5, 5.41) is 10.5. The van der Waals surface area contributed by atoms with Crippen LogP contribution in [0.25, 0.3) is 0 Å². The Labute approximate surface area is 141 Å². The molecule has 3 nitrogen and oxygen atoms in total. The van der Waals surface area contributed by atoms with Crippen LogP contribution < -0.4 is 0 Å². The third-order valence-electron chi connectivity index (χ3n) is 5.65. The van der Waals surface area contributed by atoms with Crippen molar-refractivity contribution in [3.63, 3.8) is 0 Å². The Hall–Kier alpha value is -0.900. The summed E-state index contributed by atoms with van der Waals surface area (Å²) < 4.78 is 0. The standard InChI is InChI=1S/C20H32N2O/c23-20(17-18-7-3-1-4-8-18)19-9-13-22(14-10-19)16-15-21-11-5-2-6-12-21/h1,3-4,7-8,19-20,23H,2,5-6,9-17H2. The normalized spacial score (nSPS) is 23.0. The zero-order valence-electron chi connectivity index (χ0n) is 14.4. The maximum absolute atomic E-state index is 10.5. The molecule has 2 heterocycles. The van der Waals surface area contributed by atoms with E-state index in [0.29, 0.717) is 5.92 Å². The lowest BCUT2D eigenvalue weighted by Gasteiger charge is -2.36. The Morgan fingerprint density at radius 1 is 0.870 bits per heavy atom. The average molecular weight is 316 g/mol. The molecule has 1 atom stereocenters. The molecule has 2 aliphatic heterocycles. The second-order valence-corrected chi connectivity index (χ2v) is 7.34. The average Bonchev–Trinajstić information content (AvgIpc) is 2.62. The van der Waals surface area contributed by atoms with Gasteiger partial charge >= 0.3 is 0 Å². The number of hydrogen-bond acceptors (Lipinski definition) is 3. The Morgan fingerprint density at radius 2 is 1.48 bits per heavy atom. The van der Waals surface area contributed by atoms with E-state index in [9.17, 15) is 5.11 Å². The van der Waals surface area contributed by atoms with Gasteiger partial charge in [-0.2, -0.15) is 0 Å². The number of piperidine rings is 2. The molecule has 3 heteroatoms. The largest absolute Gasteiger partial charge is 0.392 e. The second-order valence-electron chi connectivity index (χ2n) is 7.34. The first kappa shape index (κ1) is 16.9. The van der Waals surface area contributed by atoms with Crippen LogP contribution in [0.3, 0.4) is 0 Å². The molecule has 0 aliphatic carbocycles. The van der Waals surface area contributed by atoms with Crippen LogP contribution in [0.5, 0.6) is 0 Å². The fraction of sp³-hybridized carbons (Fsp3) is 0.700. The highest BCUT2D eigenvalue weighted by Crippen LogP contribution is 2.23. The molecule has 1 unspecified atom stereocenters. The summed E-state index contributed by atoms with van der Waals surface area (Å²) in [6.07, 6.45) is 7.10. The van der Waals surface area contributed by atoms with E-state index in [1.165, 1.54) is 51.0 Å². The molecule has 0 spiro atoms. The minimum absolute atomic E-state index is 0.179. The number of aliphatic hydroxyl groups is 1. The maximum atomic E-state index is 10.5. The lowest BCUT2D eigenvalue weighted by atomic mass is 9.88. The number of nitrogens with zero attached hydrogens (tertiary/aromatic N) is 2. The van der Waals surface area contributed by atoms with Crippen LogP contribution in [0.4, 0.5) is 0 Å². The first-order chi connectivity index (χ1) is 11.3. The molecule has 23 heavy (non-hydrogen) atoms. The molecule has 1 N–H and O–H groups in total. The van der Waals surface area contributed by atoms with Gasteiger partial charge < -0.3 is 14.9 Å². The predicted octanol–water partition coefficient (Wildman–Crippen LogP) is 2.79. The number of benzene rings is 1. The van der Waals surface area contributed by atoms with Gasteiger partial charge in [0, 0.05) is 13.1 Å². The molecule has 0 saturated carbocycles. The van der Waals surface area contributed by atoms with Crippen LogP contribution in [0.1, 0.15) is 37.7 Å². The molecule has 2 aliphatic rings. The van der Waals surface area contributed by atoms with Gasteiger partial charge in [0.05, 0.1) is 6.10 Å². The summed E-state index contributed by atoms with van der Waals surface area (Å²) >= 11 is 0. The third kappa shape index (κ3) is 5.30. The zero-order valence-corrected chi connectivity index (χ0v) is 14.4. The van der Waals surface area contributed by atoms with Gasteiger partial charge in [0.15, 0.2) is 0 Å². The van der Waals surface area contributed by atoms with E-state index in [0.717, 1.165) is 32.4 Å². The van der Waals surface area contributed by atoms with Gasteiger partial charge in [0.2, 0.25) is 0 Å². The summed E-state index contributed by atoms with van der Waals surface area (Å²) in [5.41, 5.74) is 1.26. The molecule has 2 fully saturated rings. The topological polar surface area (TPSA) is 26.7 Å². The van der Waals surface area contributed by atoms with Crippen LogP contribution in [-0.2, 0) is 6.42 Å². The van der Waals surface area contributed by atoms with Crippen molar-refractivity contribution in [2.75, 3.05) is 39.3 Å². The molecule has 1 aromatic rings. The van der Waals surface area contributed by atoms with Gasteiger partial charge in [-0.1, -0.05) is 36.8 Å². The van der Waals surface area contributed by atoms with Crippen molar-refractivity contribution in [1.82, 2.24) is 9.80 Å². The Bertz CT molecular complexity index is 436. The summed E-state index contributed by atoms with van der Waals surface area (Å²) in [7, 11) is 0. The highest BCUT2D eigenvalue weighted by atomic mass is 16.3. The molecule has 0 aromatic heterocycles. The van der Waals surface area contributed by atoms with Gasteiger partial charge in [0.1, 0.15) is 0 Å². The van der Waals surface area contributed by atoms with Gasteiger partial charge in [-0.25, -0.2) is 0 Å². The van der Waals surface area contributed by atoms with E-state index in [1.54, 1.807) is 0 Å². The minimum Gasteiger partial charge on any atom is -0.392 e. The summed E-state index contributed by atoms with van der Waals surface area (Å²) in [6.45, 7) is 7.35. The van der Waals surface area contributed by atoms with Crippen molar-refractivity contribution >= 4 is 0 Å². The SMILES string of the molecule is OC(Cc1ccccc1)C1CCN(CCN2CCCCC2)CC1. The minimum atomic E-state index is -0.179. The molecular formula is C20H32N2O. The number of rotatable bonds is 6. The fourth-order valence-electron chi connectivity index (χ4n) is 4.05. The van der Waals surface area contributed by atoms with Gasteiger partial charge in [-0.05, 0) is 69.8 Å². The smallest absolute Gasteiger partial charge is 0.0609 e. The zero-order chi connectivity index (χ0) is 15.9. The number of aliphatic hydroxyl groups excluding tert-OH is 1. The molecule has 2 saturated heterocycles. The first-order valence-electron chi connectivity index (χ1n) is 9.48. The summed E-state index contributed by atoms with van der Waals surface area (Å²) in [4.78, 5) is 5.22. The Morgan fingerprint density at radius 3 is 2.13 bits per heavy atom. The lowest BCUT2D eigenvalue weighted by Crippen LogP contribution is -2.43. The lowest BCUT2D eigenvalue weighted by molar-refractivity contribution is 0.0558. The molecule has 1 aromatic carbocycles. The highest BCUT2D eigenvalue weighted by molar-refractivity contribution is 5.15. The van der Waals surface area contributed by atoms with E-state index in [4.69, 9.17) is 0 Å². The van der Waals surface area contributed by atoms with Crippen molar-refractivity contribution in [3.05, 3.63) is 35.9 Å². The molecule has 0 amide bonds. The molecule has 0 bridgehead atoms. The van der Waals surface area contributed by atoms with E-state index in [-0.39, 0.29) is 6.10 Å². The Balaban J connectivity index is 1.36. The monoisotopic (exact) mass is 316 g/mol. The van der Waals surface area contributed by atoms with Crippen molar-refractivity contribution in [3.8, 4) is 0 Å². The van der Waals surface area contributed by atoms with Gasteiger partial charge in [-0.15, -0.1) is 0 Å². The quantitative estimate of drug-likeness (QED) is 0.874. The van der Waals surface area contributed by atoms with Crippen molar-refractivity contribution in [2.45, 2.75) is 44.6 Å². The maximum Gasteiger partial charge on any atom is 0.0609 e. The van der Waals surface area contributed by atoms with Crippen LogP contribution in [0.2, 0.25) is 0 Å². The van der Waals surface area contributed by atoms with Crippen LogP contribution in [-0.4, -0.2) is 60.3 Å². The van der Waals surface area contributed by atoms with Crippen molar-refractivity contribution in [2.24, 2.45) is 5.92 Å². The van der Waals surface area contributed by atoms with Gasteiger partial charge in [0.25, 0.3) is 0 Å². The van der Waals surface area contributed by atoms with E-state index >= 15 is 0 Å². The van der Waals surface area contributed by atoms with Crippen LogP contribution in [0, 0.1) is 5.92 Å². The van der Waals surface area contributed by atoms with Crippen molar-refractivity contribution in [1.29, 1.82) is 0 Å². The summed E-state index contributed by atoms with van der Waals surface area (Å²) in [5.74, 6) is 0.474. The fourth-order valence-corrected chi connectivity index (χ4v) is 4.05. The Kier molecular flexibility index (Phi) is 6.49. The van der Waals surface area contributed by atoms with Crippen LogP contribution in [0.15, 0.2) is 30.3 Å². The molecule has 0 radical (unpaired) electrons. The molecule has 3 rings (SSSR count). The first-order valence-corrected chi connectivity index (χ1v) is 9.48. The predicted molar refractivity (Wildman–Crippen MR) is 95.6 cm³/mol. The van der Waals surface area contributed by atoms with Crippen molar-refractivity contribution < 1.29 is 5.11 Å². The van der Waals surface area contributed by atoms with E-state index in [1.807, 2.05) is 6.07 Å². The van der Waals surface area contributed by atoms with Crippen LogP contribution >= 0.6 is 0 Å². The third-order valence-corrected chi connectivity index (χ3v) is 5.65. The molecule has 128 valence electrons. The molecular weight excluding hydrogens is 284 g/mol. The summed E-state index contributed by atoms with van der Waals surface area (Å²) in [6, 6.07) is 10.4.